The van der Waals surface area contributed by atoms with Crippen LogP contribution in [0.1, 0.15) is 20.8 Å². The van der Waals surface area contributed by atoms with Gasteiger partial charge >= 0.3 is 5.97 Å². The third-order valence-electron chi connectivity index (χ3n) is 0.758. The van der Waals surface area contributed by atoms with Gasteiger partial charge < -0.3 is 4.74 Å². The van der Waals surface area contributed by atoms with Crippen molar-refractivity contribution in [2.24, 2.45) is 5.92 Å². The summed E-state index contributed by atoms with van der Waals surface area (Å²) in [7, 11) is 0. The van der Waals surface area contributed by atoms with Crippen molar-refractivity contribution >= 4 is 5.97 Å². The minimum absolute atomic E-state index is 0. The maximum absolute atomic E-state index is 10.5. The Morgan fingerprint density at radius 1 is 1.56 bits per heavy atom. The molecule has 2 nitrogen and oxygen atoms in total. The smallest absolute Gasteiger partial charge is 0.308 e. The van der Waals surface area contributed by atoms with Crippen molar-refractivity contribution in [2.75, 3.05) is 6.61 Å². The van der Waals surface area contributed by atoms with Gasteiger partial charge in [0.25, 0.3) is 0 Å². The molecule has 0 unspecified atom stereocenters. The minimum Gasteiger partial charge on any atom is -0.466 e. The van der Waals surface area contributed by atoms with Gasteiger partial charge in [0, 0.05) is 21.7 Å². The van der Waals surface area contributed by atoms with Crippen LogP contribution in [0.25, 0.3) is 0 Å². The van der Waals surface area contributed by atoms with Gasteiger partial charge in [0.05, 0.1) is 12.5 Å². The molecule has 0 aromatic rings. The van der Waals surface area contributed by atoms with Gasteiger partial charge in [-0.25, -0.2) is 0 Å². The third kappa shape index (κ3) is 6.06. The van der Waals surface area contributed by atoms with Crippen molar-refractivity contribution in [3.63, 3.8) is 0 Å². The van der Waals surface area contributed by atoms with E-state index in [9.17, 15) is 4.79 Å². The first-order valence-corrected chi connectivity index (χ1v) is 2.85. The fourth-order valence-corrected chi connectivity index (χ4v) is 0.309. The predicted octanol–water partition coefficient (Wildman–Crippen LogP) is 1.20. The van der Waals surface area contributed by atoms with Crippen LogP contribution in [0.2, 0.25) is 0 Å². The van der Waals surface area contributed by atoms with Crippen LogP contribution in [0.15, 0.2) is 0 Å². The Hall–Kier alpha value is 0.184. The van der Waals surface area contributed by atoms with Gasteiger partial charge in [0.1, 0.15) is 0 Å². The molecule has 9 heavy (non-hydrogen) atoms. The van der Waals surface area contributed by atoms with Crippen molar-refractivity contribution in [2.45, 2.75) is 20.8 Å². The van der Waals surface area contributed by atoms with Gasteiger partial charge in [-0.15, -0.1) is 0 Å². The van der Waals surface area contributed by atoms with Gasteiger partial charge in [0.2, 0.25) is 0 Å². The average Bonchev–Trinajstić information content (AvgIpc) is 1.67. The van der Waals surface area contributed by atoms with E-state index in [0.29, 0.717) is 6.61 Å². The fraction of sp³-hybridized carbons (Fsp3) is 0.833. The van der Waals surface area contributed by atoms with E-state index >= 15 is 0 Å². The molecule has 0 spiro atoms. The second kappa shape index (κ2) is 6.31. The molecular weight excluding hydrogens is 152 g/mol. The molecule has 0 N–H and O–H groups in total. The van der Waals surface area contributed by atoms with Crippen LogP contribution in [0.5, 0.6) is 0 Å². The normalized spacial score (nSPS) is 8.44. The van der Waals surface area contributed by atoms with Gasteiger partial charge in [0.15, 0.2) is 0 Å². The number of ether oxygens (including phenoxy) is 1. The standard InChI is InChI=1S/C6H12O2.Ti/c1-4-8-6(7)5(2)3;/h5H,4H2,1-3H3;. The molecule has 0 radical (unpaired) electrons. The molecule has 52 valence electrons. The van der Waals surface area contributed by atoms with E-state index in [0.717, 1.165) is 0 Å². The van der Waals surface area contributed by atoms with Crippen molar-refractivity contribution in [1.29, 1.82) is 0 Å². The molecule has 0 aromatic carbocycles. The first-order chi connectivity index (χ1) is 3.68. The SMILES string of the molecule is CCOC(=O)C(C)C.[Ti]. The quantitative estimate of drug-likeness (QED) is 0.452. The molecule has 0 rings (SSSR count). The maximum atomic E-state index is 10.5. The molecule has 0 bridgehead atoms. The van der Waals surface area contributed by atoms with E-state index in [2.05, 4.69) is 4.74 Å². The molecule has 0 saturated heterocycles. The summed E-state index contributed by atoms with van der Waals surface area (Å²) in [6.45, 7) is 5.92. The van der Waals surface area contributed by atoms with Gasteiger partial charge in [-0.05, 0) is 6.92 Å². The minimum atomic E-state index is -0.118. The largest absolute Gasteiger partial charge is 0.466 e. The summed E-state index contributed by atoms with van der Waals surface area (Å²) in [5.74, 6) is -0.109. The molecule has 0 aliphatic rings. The zero-order chi connectivity index (χ0) is 6.57. The van der Waals surface area contributed by atoms with Crippen molar-refractivity contribution in [1.82, 2.24) is 0 Å². The summed E-state index contributed by atoms with van der Waals surface area (Å²) < 4.78 is 4.66. The van der Waals surface area contributed by atoms with E-state index in [1.54, 1.807) is 6.92 Å². The van der Waals surface area contributed by atoms with Crippen molar-refractivity contribution < 1.29 is 31.2 Å². The molecule has 0 atom stereocenters. The molecule has 0 fully saturated rings. The second-order valence-corrected chi connectivity index (χ2v) is 1.91. The first-order valence-electron chi connectivity index (χ1n) is 2.85. The molecule has 0 aromatic heterocycles. The Balaban J connectivity index is 0. The summed E-state index contributed by atoms with van der Waals surface area (Å²) in [5.41, 5.74) is 0. The number of esters is 1. The third-order valence-corrected chi connectivity index (χ3v) is 0.758. The molecule has 0 saturated carbocycles. The zero-order valence-corrected chi connectivity index (χ0v) is 7.66. The van der Waals surface area contributed by atoms with Crippen LogP contribution in [0.3, 0.4) is 0 Å². The van der Waals surface area contributed by atoms with E-state index in [4.69, 9.17) is 0 Å². The Labute approximate surface area is 70.8 Å². The van der Waals surface area contributed by atoms with Gasteiger partial charge in [-0.1, -0.05) is 13.8 Å². The van der Waals surface area contributed by atoms with Crippen molar-refractivity contribution in [3.8, 4) is 0 Å². The summed E-state index contributed by atoms with van der Waals surface area (Å²) >= 11 is 0. The Morgan fingerprint density at radius 3 is 2.11 bits per heavy atom. The monoisotopic (exact) mass is 164 g/mol. The Kier molecular flexibility index (Phi) is 8.35. The van der Waals surface area contributed by atoms with E-state index in [1.165, 1.54) is 0 Å². The molecule has 0 heterocycles. The van der Waals surface area contributed by atoms with Crippen LogP contribution in [-0.4, -0.2) is 12.6 Å². The summed E-state index contributed by atoms with van der Waals surface area (Å²) in [5, 5.41) is 0. The number of hydrogen-bond donors (Lipinski definition) is 0. The molecule has 3 heteroatoms. The number of carbonyl (C=O) groups excluding carboxylic acids is 1. The van der Waals surface area contributed by atoms with E-state index in [1.807, 2.05) is 13.8 Å². The summed E-state index contributed by atoms with van der Waals surface area (Å²) in [4.78, 5) is 10.5. The van der Waals surface area contributed by atoms with Crippen LogP contribution >= 0.6 is 0 Å². The maximum Gasteiger partial charge on any atom is 0.308 e. The molecular formula is C6H12O2Ti. The Bertz CT molecular complexity index is 81.1. The molecule has 0 aliphatic heterocycles. The van der Waals surface area contributed by atoms with Crippen molar-refractivity contribution in [3.05, 3.63) is 0 Å². The van der Waals surface area contributed by atoms with E-state index in [-0.39, 0.29) is 33.6 Å². The summed E-state index contributed by atoms with van der Waals surface area (Å²) in [6, 6.07) is 0. The predicted molar refractivity (Wildman–Crippen MR) is 31.5 cm³/mol. The fourth-order valence-electron chi connectivity index (χ4n) is 0.309. The van der Waals surface area contributed by atoms with E-state index < -0.39 is 0 Å². The number of carbonyl (C=O) groups is 1. The molecule has 0 amide bonds. The topological polar surface area (TPSA) is 26.3 Å². The van der Waals surface area contributed by atoms with Crippen LogP contribution in [0, 0.1) is 5.92 Å². The summed E-state index contributed by atoms with van der Waals surface area (Å²) in [6.07, 6.45) is 0. The van der Waals surface area contributed by atoms with Crippen LogP contribution in [-0.2, 0) is 31.2 Å². The van der Waals surface area contributed by atoms with Crippen LogP contribution < -0.4 is 0 Å². The Morgan fingerprint density at radius 2 is 2.00 bits per heavy atom. The van der Waals surface area contributed by atoms with Gasteiger partial charge in [-0.2, -0.15) is 0 Å². The first kappa shape index (κ1) is 11.9. The second-order valence-electron chi connectivity index (χ2n) is 1.91. The van der Waals surface area contributed by atoms with Crippen LogP contribution in [0.4, 0.5) is 0 Å². The average molecular weight is 164 g/mol. The zero-order valence-electron chi connectivity index (χ0n) is 6.10. The molecule has 0 aliphatic carbocycles. The van der Waals surface area contributed by atoms with Gasteiger partial charge in [-0.3, -0.25) is 4.79 Å². The number of rotatable bonds is 2. The number of hydrogen-bond acceptors (Lipinski definition) is 2.